The fourth-order valence-electron chi connectivity index (χ4n) is 2.05. The molecule has 0 spiro atoms. The molecular weight excluding hydrogens is 318 g/mol. The lowest BCUT2D eigenvalue weighted by Crippen LogP contribution is -2.40. The van der Waals surface area contributed by atoms with Crippen LogP contribution in [0.25, 0.3) is 0 Å². The van der Waals surface area contributed by atoms with Gasteiger partial charge < -0.3 is 10.1 Å². The highest BCUT2D eigenvalue weighted by molar-refractivity contribution is 9.10. The van der Waals surface area contributed by atoms with Gasteiger partial charge in [0.05, 0.1) is 17.7 Å². The van der Waals surface area contributed by atoms with Gasteiger partial charge in [0.1, 0.15) is 0 Å². The lowest BCUT2D eigenvalue weighted by molar-refractivity contribution is 0.0712. The molecule has 1 aromatic rings. The lowest BCUT2D eigenvalue weighted by Gasteiger charge is -2.20. The minimum Gasteiger partial charge on any atom is -0.376 e. The molecule has 1 heterocycles. The maximum absolute atomic E-state index is 12.1. The summed E-state index contributed by atoms with van der Waals surface area (Å²) in [6.07, 6.45) is 2.18. The first kappa shape index (κ1) is 13.8. The van der Waals surface area contributed by atoms with Crippen molar-refractivity contribution in [2.45, 2.75) is 31.9 Å². The largest absolute Gasteiger partial charge is 0.376 e. The molecule has 18 heavy (non-hydrogen) atoms. The maximum Gasteiger partial charge on any atom is 0.252 e. The highest BCUT2D eigenvalue weighted by Gasteiger charge is 2.24. The summed E-state index contributed by atoms with van der Waals surface area (Å²) in [6.45, 7) is 2.75. The average Bonchev–Trinajstić information content (AvgIpc) is 2.85. The van der Waals surface area contributed by atoms with E-state index >= 15 is 0 Å². The first-order chi connectivity index (χ1) is 8.58. The quantitative estimate of drug-likeness (QED) is 0.921. The van der Waals surface area contributed by atoms with Crippen LogP contribution in [-0.2, 0) is 4.74 Å². The minimum absolute atomic E-state index is 0.00545. The molecule has 0 radical (unpaired) electrons. The van der Waals surface area contributed by atoms with E-state index in [4.69, 9.17) is 16.3 Å². The second-order valence-corrected chi connectivity index (χ2v) is 5.73. The first-order valence-electron chi connectivity index (χ1n) is 5.95. The summed E-state index contributed by atoms with van der Waals surface area (Å²) in [4.78, 5) is 12.1. The van der Waals surface area contributed by atoms with Crippen molar-refractivity contribution in [1.29, 1.82) is 0 Å². The Labute approximate surface area is 120 Å². The van der Waals surface area contributed by atoms with Crippen molar-refractivity contribution in [1.82, 2.24) is 5.32 Å². The van der Waals surface area contributed by atoms with Gasteiger partial charge in [0, 0.05) is 16.1 Å². The van der Waals surface area contributed by atoms with E-state index < -0.39 is 0 Å². The van der Waals surface area contributed by atoms with E-state index in [1.807, 2.05) is 6.92 Å². The summed E-state index contributed by atoms with van der Waals surface area (Å²) in [5.74, 6) is -0.132. The van der Waals surface area contributed by atoms with Gasteiger partial charge in [-0.1, -0.05) is 11.6 Å². The number of halogens is 2. The van der Waals surface area contributed by atoms with Crippen LogP contribution in [0.1, 0.15) is 30.1 Å². The summed E-state index contributed by atoms with van der Waals surface area (Å²) < 4.78 is 6.29. The minimum atomic E-state index is -0.132. The Morgan fingerprint density at radius 2 is 2.39 bits per heavy atom. The summed E-state index contributed by atoms with van der Waals surface area (Å²) in [7, 11) is 0. The molecular formula is C13H15BrClNO2. The van der Waals surface area contributed by atoms with Gasteiger partial charge in [-0.25, -0.2) is 0 Å². The monoisotopic (exact) mass is 331 g/mol. The smallest absolute Gasteiger partial charge is 0.252 e. The molecule has 2 atom stereocenters. The predicted octanol–water partition coefficient (Wildman–Crippen LogP) is 3.40. The molecule has 0 bridgehead atoms. The molecule has 3 nitrogen and oxygen atoms in total. The van der Waals surface area contributed by atoms with Crippen molar-refractivity contribution in [3.63, 3.8) is 0 Å². The number of carbonyl (C=O) groups is 1. The Kier molecular flexibility index (Phi) is 4.65. The van der Waals surface area contributed by atoms with Gasteiger partial charge in [-0.15, -0.1) is 0 Å². The fourth-order valence-corrected chi connectivity index (χ4v) is 2.64. The standard InChI is InChI=1S/C13H15BrClNO2/c1-8(12-3-2-6-18-12)16-13(17)10-7-9(15)4-5-11(10)14/h4-5,7-8,12H,2-3,6H2,1H3,(H,16,17)/t8-,12-/m0/s1. The fraction of sp³-hybridized carbons (Fsp3) is 0.462. The Morgan fingerprint density at radius 3 is 3.06 bits per heavy atom. The molecule has 0 unspecified atom stereocenters. The summed E-state index contributed by atoms with van der Waals surface area (Å²) >= 11 is 9.25. The number of hydrogen-bond acceptors (Lipinski definition) is 2. The topological polar surface area (TPSA) is 38.3 Å². The van der Waals surface area contributed by atoms with E-state index in [2.05, 4.69) is 21.2 Å². The van der Waals surface area contributed by atoms with Gasteiger partial charge in [-0.05, 0) is 53.9 Å². The van der Waals surface area contributed by atoms with Crippen molar-refractivity contribution < 1.29 is 9.53 Å². The number of carbonyl (C=O) groups excluding carboxylic acids is 1. The summed E-state index contributed by atoms with van der Waals surface area (Å²) in [6, 6.07) is 5.18. The molecule has 0 saturated carbocycles. The van der Waals surface area contributed by atoms with Crippen molar-refractivity contribution in [3.05, 3.63) is 33.3 Å². The molecule has 1 saturated heterocycles. The van der Waals surface area contributed by atoms with E-state index in [9.17, 15) is 4.79 Å². The van der Waals surface area contributed by atoms with Crippen LogP contribution in [-0.4, -0.2) is 24.7 Å². The maximum atomic E-state index is 12.1. The van der Waals surface area contributed by atoms with E-state index in [-0.39, 0.29) is 18.1 Å². The third kappa shape index (κ3) is 3.25. The second kappa shape index (κ2) is 6.04. The summed E-state index contributed by atoms with van der Waals surface area (Å²) in [5, 5.41) is 3.50. The Morgan fingerprint density at radius 1 is 1.61 bits per heavy atom. The van der Waals surface area contributed by atoms with Crippen molar-refractivity contribution in [2.75, 3.05) is 6.61 Å². The van der Waals surface area contributed by atoms with Crippen LogP contribution in [0.4, 0.5) is 0 Å². The number of amides is 1. The van der Waals surface area contributed by atoms with Crippen LogP contribution in [0, 0.1) is 0 Å². The predicted molar refractivity (Wildman–Crippen MR) is 75.1 cm³/mol. The zero-order valence-electron chi connectivity index (χ0n) is 10.1. The van der Waals surface area contributed by atoms with E-state index in [0.29, 0.717) is 10.6 Å². The molecule has 1 aliphatic heterocycles. The van der Waals surface area contributed by atoms with Crippen LogP contribution in [0.2, 0.25) is 5.02 Å². The van der Waals surface area contributed by atoms with Gasteiger partial charge in [0.15, 0.2) is 0 Å². The van der Waals surface area contributed by atoms with E-state index in [0.717, 1.165) is 23.9 Å². The van der Waals surface area contributed by atoms with Gasteiger partial charge in [0.2, 0.25) is 0 Å². The third-order valence-electron chi connectivity index (χ3n) is 3.05. The molecule has 1 amide bonds. The SMILES string of the molecule is C[C@H](NC(=O)c1cc(Cl)ccc1Br)[C@@H]1CCCO1. The van der Waals surface area contributed by atoms with Gasteiger partial charge >= 0.3 is 0 Å². The number of nitrogens with one attached hydrogen (secondary N) is 1. The average molecular weight is 333 g/mol. The van der Waals surface area contributed by atoms with Crippen LogP contribution in [0.5, 0.6) is 0 Å². The number of hydrogen-bond donors (Lipinski definition) is 1. The Balaban J connectivity index is 2.04. The van der Waals surface area contributed by atoms with Crippen molar-refractivity contribution in [2.24, 2.45) is 0 Å². The molecule has 1 aliphatic rings. The Hall–Kier alpha value is -0.580. The number of benzene rings is 1. The van der Waals surface area contributed by atoms with Gasteiger partial charge in [-0.3, -0.25) is 4.79 Å². The molecule has 0 aliphatic carbocycles. The lowest BCUT2D eigenvalue weighted by atomic mass is 10.1. The highest BCUT2D eigenvalue weighted by atomic mass is 79.9. The van der Waals surface area contributed by atoms with Crippen molar-refractivity contribution >= 4 is 33.4 Å². The Bertz CT molecular complexity index is 447. The van der Waals surface area contributed by atoms with Crippen molar-refractivity contribution in [3.8, 4) is 0 Å². The number of rotatable bonds is 3. The molecule has 1 fully saturated rings. The second-order valence-electron chi connectivity index (χ2n) is 4.44. The molecule has 1 N–H and O–H groups in total. The molecule has 1 aromatic carbocycles. The van der Waals surface area contributed by atoms with E-state index in [1.54, 1.807) is 18.2 Å². The molecule has 5 heteroatoms. The van der Waals surface area contributed by atoms with Gasteiger partial charge in [0.25, 0.3) is 5.91 Å². The van der Waals surface area contributed by atoms with E-state index in [1.165, 1.54) is 0 Å². The zero-order valence-corrected chi connectivity index (χ0v) is 12.4. The third-order valence-corrected chi connectivity index (χ3v) is 3.98. The first-order valence-corrected chi connectivity index (χ1v) is 7.12. The van der Waals surface area contributed by atoms with Crippen LogP contribution in [0.15, 0.2) is 22.7 Å². The van der Waals surface area contributed by atoms with Crippen LogP contribution in [0.3, 0.4) is 0 Å². The van der Waals surface area contributed by atoms with Gasteiger partial charge in [-0.2, -0.15) is 0 Å². The zero-order chi connectivity index (χ0) is 13.1. The molecule has 0 aromatic heterocycles. The van der Waals surface area contributed by atoms with Crippen LogP contribution < -0.4 is 5.32 Å². The van der Waals surface area contributed by atoms with Crippen LogP contribution >= 0.6 is 27.5 Å². The normalized spacial score (nSPS) is 20.7. The number of ether oxygens (including phenoxy) is 1. The molecule has 2 rings (SSSR count). The highest BCUT2D eigenvalue weighted by Crippen LogP contribution is 2.22. The molecule has 98 valence electrons. The summed E-state index contributed by atoms with van der Waals surface area (Å²) in [5.41, 5.74) is 0.548.